The van der Waals surface area contributed by atoms with Gasteiger partial charge in [-0.3, -0.25) is 4.79 Å². The summed E-state index contributed by atoms with van der Waals surface area (Å²) in [5.41, 5.74) is 1.32. The zero-order valence-corrected chi connectivity index (χ0v) is 17.0. The highest BCUT2D eigenvalue weighted by molar-refractivity contribution is 5.93. The Balaban J connectivity index is 1.41. The zero-order valence-electron chi connectivity index (χ0n) is 17.0. The van der Waals surface area contributed by atoms with E-state index in [1.54, 1.807) is 12.5 Å². The number of hydrogen-bond acceptors (Lipinski definition) is 7. The molecule has 1 aliphatic heterocycles. The maximum Gasteiger partial charge on any atom is 0.230 e. The molecule has 0 saturated carbocycles. The van der Waals surface area contributed by atoms with E-state index in [0.29, 0.717) is 5.82 Å². The van der Waals surface area contributed by atoms with Crippen LogP contribution in [0.4, 0.5) is 17.3 Å². The van der Waals surface area contributed by atoms with E-state index in [0.717, 1.165) is 48.7 Å². The minimum Gasteiger partial charge on any atom is -0.367 e. The Hall–Kier alpha value is -3.29. The molecule has 3 aromatic heterocycles. The van der Waals surface area contributed by atoms with E-state index in [9.17, 15) is 4.79 Å². The van der Waals surface area contributed by atoms with Gasteiger partial charge < -0.3 is 15.1 Å². The Kier molecular flexibility index (Phi) is 5.00. The van der Waals surface area contributed by atoms with E-state index in [1.807, 2.05) is 51.2 Å². The number of pyridine rings is 2. The number of anilines is 3. The standard InChI is InChI=1S/C21H25N7O/c1-21(2,3)20(29)26-17-7-6-15(13-23-17)27-9-11-28(12-10-27)19-16-5-4-8-22-18(16)24-14-25-19/h4-8,13-14H,9-12H2,1-3H3,(H,23,26,29). The van der Waals surface area contributed by atoms with Crippen molar-refractivity contribution in [3.63, 3.8) is 0 Å². The molecule has 1 saturated heterocycles. The average Bonchev–Trinajstić information content (AvgIpc) is 2.73. The number of fused-ring (bicyclic) bond motifs is 1. The second kappa shape index (κ2) is 7.62. The van der Waals surface area contributed by atoms with Gasteiger partial charge in [-0.25, -0.2) is 19.9 Å². The highest BCUT2D eigenvalue weighted by Gasteiger charge is 2.23. The van der Waals surface area contributed by atoms with Gasteiger partial charge in [-0.2, -0.15) is 0 Å². The van der Waals surface area contributed by atoms with Crippen molar-refractivity contribution in [1.29, 1.82) is 0 Å². The highest BCUT2D eigenvalue weighted by Crippen LogP contribution is 2.24. The van der Waals surface area contributed by atoms with Crippen molar-refractivity contribution in [2.45, 2.75) is 20.8 Å². The van der Waals surface area contributed by atoms with Gasteiger partial charge in [-0.05, 0) is 24.3 Å². The number of nitrogens with one attached hydrogen (secondary N) is 1. The molecule has 0 aromatic carbocycles. The van der Waals surface area contributed by atoms with Crippen molar-refractivity contribution in [2.75, 3.05) is 41.3 Å². The molecule has 1 amide bonds. The summed E-state index contributed by atoms with van der Waals surface area (Å²) in [6.45, 7) is 9.07. The molecule has 4 heterocycles. The molecule has 0 radical (unpaired) electrons. The number of carbonyl (C=O) groups excluding carboxylic acids is 1. The van der Waals surface area contributed by atoms with E-state index in [2.05, 4.69) is 35.1 Å². The molecular weight excluding hydrogens is 366 g/mol. The Bertz CT molecular complexity index is 1000. The van der Waals surface area contributed by atoms with Crippen molar-refractivity contribution in [3.05, 3.63) is 43.0 Å². The normalized spacial score (nSPS) is 14.9. The van der Waals surface area contributed by atoms with Gasteiger partial charge >= 0.3 is 0 Å². The van der Waals surface area contributed by atoms with Gasteiger partial charge in [-0.1, -0.05) is 20.8 Å². The molecule has 1 aliphatic rings. The fourth-order valence-corrected chi connectivity index (χ4v) is 3.26. The first kappa shape index (κ1) is 19.0. The number of nitrogens with zero attached hydrogens (tertiary/aromatic N) is 6. The lowest BCUT2D eigenvalue weighted by atomic mass is 9.96. The van der Waals surface area contributed by atoms with Crippen molar-refractivity contribution in [3.8, 4) is 0 Å². The summed E-state index contributed by atoms with van der Waals surface area (Å²) in [7, 11) is 0. The Morgan fingerprint density at radius 1 is 0.966 bits per heavy atom. The van der Waals surface area contributed by atoms with Crippen LogP contribution < -0.4 is 15.1 Å². The molecule has 3 aromatic rings. The van der Waals surface area contributed by atoms with Crippen molar-refractivity contribution >= 4 is 34.3 Å². The quantitative estimate of drug-likeness (QED) is 0.734. The van der Waals surface area contributed by atoms with Gasteiger partial charge in [-0.15, -0.1) is 0 Å². The van der Waals surface area contributed by atoms with Gasteiger partial charge in [0.1, 0.15) is 18.0 Å². The molecule has 0 aliphatic carbocycles. The molecule has 150 valence electrons. The van der Waals surface area contributed by atoms with E-state index in [-0.39, 0.29) is 5.91 Å². The molecule has 0 unspecified atom stereocenters. The van der Waals surface area contributed by atoms with E-state index in [4.69, 9.17) is 0 Å². The Labute approximate surface area is 170 Å². The van der Waals surface area contributed by atoms with E-state index < -0.39 is 5.41 Å². The molecule has 8 heteroatoms. The van der Waals surface area contributed by atoms with Crippen LogP contribution in [-0.2, 0) is 4.79 Å². The number of hydrogen-bond donors (Lipinski definition) is 1. The van der Waals surface area contributed by atoms with Crippen molar-refractivity contribution in [2.24, 2.45) is 5.41 Å². The molecule has 0 atom stereocenters. The number of piperazine rings is 1. The first-order valence-electron chi connectivity index (χ1n) is 9.75. The fraction of sp³-hybridized carbons (Fsp3) is 0.381. The van der Waals surface area contributed by atoms with Gasteiger partial charge in [0.25, 0.3) is 0 Å². The van der Waals surface area contributed by atoms with Crippen LogP contribution in [0.25, 0.3) is 11.0 Å². The zero-order chi connectivity index (χ0) is 20.4. The molecule has 0 bridgehead atoms. The number of rotatable bonds is 3. The Morgan fingerprint density at radius 2 is 1.72 bits per heavy atom. The summed E-state index contributed by atoms with van der Waals surface area (Å²) < 4.78 is 0. The largest absolute Gasteiger partial charge is 0.367 e. The summed E-state index contributed by atoms with van der Waals surface area (Å²) in [5, 5.41) is 3.84. The maximum atomic E-state index is 12.1. The number of carbonyl (C=O) groups is 1. The first-order chi connectivity index (χ1) is 13.9. The summed E-state index contributed by atoms with van der Waals surface area (Å²) >= 11 is 0. The third-order valence-corrected chi connectivity index (χ3v) is 5.00. The lowest BCUT2D eigenvalue weighted by molar-refractivity contribution is -0.123. The summed E-state index contributed by atoms with van der Waals surface area (Å²) in [6, 6.07) is 7.79. The third kappa shape index (κ3) is 4.11. The average molecular weight is 391 g/mol. The minimum absolute atomic E-state index is 0.0436. The third-order valence-electron chi connectivity index (χ3n) is 5.00. The van der Waals surface area contributed by atoms with Crippen LogP contribution in [0, 0.1) is 5.41 Å². The van der Waals surface area contributed by atoms with Crippen molar-refractivity contribution in [1.82, 2.24) is 19.9 Å². The molecule has 4 rings (SSSR count). The van der Waals surface area contributed by atoms with Crippen LogP contribution in [0.2, 0.25) is 0 Å². The highest BCUT2D eigenvalue weighted by atomic mass is 16.2. The predicted octanol–water partition coefficient (Wildman–Crippen LogP) is 2.73. The van der Waals surface area contributed by atoms with Crippen LogP contribution in [0.15, 0.2) is 43.0 Å². The summed E-state index contributed by atoms with van der Waals surface area (Å²) in [5.74, 6) is 1.46. The second-order valence-corrected chi connectivity index (χ2v) is 8.15. The molecular formula is C21H25N7O. The van der Waals surface area contributed by atoms with E-state index >= 15 is 0 Å². The van der Waals surface area contributed by atoms with Gasteiger partial charge in [0.15, 0.2) is 5.65 Å². The van der Waals surface area contributed by atoms with Crippen LogP contribution in [0.3, 0.4) is 0 Å². The van der Waals surface area contributed by atoms with Crippen molar-refractivity contribution < 1.29 is 4.79 Å². The molecule has 1 N–H and O–H groups in total. The number of amides is 1. The molecule has 29 heavy (non-hydrogen) atoms. The molecule has 0 spiro atoms. The van der Waals surface area contributed by atoms with Gasteiger partial charge in [0.05, 0.1) is 17.3 Å². The Morgan fingerprint density at radius 3 is 2.41 bits per heavy atom. The predicted molar refractivity (Wildman–Crippen MR) is 114 cm³/mol. The van der Waals surface area contributed by atoms with E-state index in [1.165, 1.54) is 0 Å². The SMILES string of the molecule is CC(C)(C)C(=O)Nc1ccc(N2CCN(c3ncnc4ncccc34)CC2)cn1. The maximum absolute atomic E-state index is 12.1. The first-order valence-corrected chi connectivity index (χ1v) is 9.75. The fourth-order valence-electron chi connectivity index (χ4n) is 3.26. The second-order valence-electron chi connectivity index (χ2n) is 8.15. The minimum atomic E-state index is -0.447. The van der Waals surface area contributed by atoms with Crippen LogP contribution in [-0.4, -0.2) is 52.0 Å². The monoisotopic (exact) mass is 391 g/mol. The molecule has 1 fully saturated rings. The van der Waals surface area contributed by atoms with Crippen LogP contribution in [0.5, 0.6) is 0 Å². The van der Waals surface area contributed by atoms with Crippen LogP contribution in [0.1, 0.15) is 20.8 Å². The van der Waals surface area contributed by atoms with Crippen LogP contribution >= 0.6 is 0 Å². The number of aromatic nitrogens is 4. The lowest BCUT2D eigenvalue weighted by Crippen LogP contribution is -2.47. The molecule has 8 nitrogen and oxygen atoms in total. The smallest absolute Gasteiger partial charge is 0.230 e. The van der Waals surface area contributed by atoms with Gasteiger partial charge in [0.2, 0.25) is 5.91 Å². The summed E-state index contributed by atoms with van der Waals surface area (Å²) in [6.07, 6.45) is 5.14. The van der Waals surface area contributed by atoms with Gasteiger partial charge in [0, 0.05) is 37.8 Å². The topological polar surface area (TPSA) is 87.1 Å². The summed E-state index contributed by atoms with van der Waals surface area (Å²) in [4.78, 5) is 34.1. The lowest BCUT2D eigenvalue weighted by Gasteiger charge is -2.36.